The number of nitrogens with zero attached hydrogens (tertiary/aromatic N) is 5. The molecule has 0 spiro atoms. The van der Waals surface area contributed by atoms with Gasteiger partial charge in [-0.3, -0.25) is 14.6 Å². The van der Waals surface area contributed by atoms with E-state index in [9.17, 15) is 4.79 Å². The molecule has 2 aromatic carbocycles. The van der Waals surface area contributed by atoms with E-state index in [2.05, 4.69) is 25.1 Å². The maximum atomic E-state index is 13.0. The van der Waals surface area contributed by atoms with Crippen LogP contribution in [0, 0.1) is 0 Å². The number of ether oxygens (including phenoxy) is 1. The monoisotopic (exact) mass is 514 g/mol. The van der Waals surface area contributed by atoms with E-state index >= 15 is 0 Å². The first-order valence-electron chi connectivity index (χ1n) is 11.2. The normalized spacial score (nSPS) is 16.1. The predicted octanol–water partition coefficient (Wildman–Crippen LogP) is 3.64. The summed E-state index contributed by atoms with van der Waals surface area (Å²) in [6.07, 6.45) is 1.43. The maximum Gasteiger partial charge on any atom is 0.268 e. The van der Waals surface area contributed by atoms with Gasteiger partial charge in [0.1, 0.15) is 5.56 Å². The number of aliphatic hydroxyl groups excluding tert-OH is 1. The molecule has 2 aliphatic heterocycles. The summed E-state index contributed by atoms with van der Waals surface area (Å²) in [6, 6.07) is 13.1. The summed E-state index contributed by atoms with van der Waals surface area (Å²) in [7, 11) is 0. The van der Waals surface area contributed by atoms with Crippen molar-refractivity contribution in [3.05, 3.63) is 64.3 Å². The third-order valence-electron chi connectivity index (χ3n) is 6.04. The Hall–Kier alpha value is -3.11. The molecule has 5 rings (SSSR count). The van der Waals surface area contributed by atoms with Crippen LogP contribution in [0.4, 0.5) is 23.0 Å². The molecule has 9 nitrogen and oxygen atoms in total. The van der Waals surface area contributed by atoms with Crippen LogP contribution in [0.1, 0.15) is 10.4 Å². The quantitative estimate of drug-likeness (QED) is 0.514. The molecule has 35 heavy (non-hydrogen) atoms. The lowest BCUT2D eigenvalue weighted by Gasteiger charge is -2.35. The number of β-amino-alcohol motifs (C(OH)–C–C–N with tert-alkyl or cyclic N) is 1. The third-order valence-corrected chi connectivity index (χ3v) is 6.65. The number of benzene rings is 2. The first-order chi connectivity index (χ1) is 17.0. The number of anilines is 4. The van der Waals surface area contributed by atoms with E-state index in [1.807, 2.05) is 24.3 Å². The van der Waals surface area contributed by atoms with E-state index in [-0.39, 0.29) is 30.7 Å². The minimum Gasteiger partial charge on any atom is -0.455 e. The van der Waals surface area contributed by atoms with Gasteiger partial charge in [-0.15, -0.1) is 0 Å². The molecule has 3 heterocycles. The van der Waals surface area contributed by atoms with Gasteiger partial charge in [0.2, 0.25) is 11.8 Å². The molecule has 1 aromatic heterocycles. The number of fused-ring (bicyclic) bond motifs is 1. The van der Waals surface area contributed by atoms with Crippen molar-refractivity contribution in [1.82, 2.24) is 14.9 Å². The van der Waals surface area contributed by atoms with Gasteiger partial charge in [-0.1, -0.05) is 29.3 Å². The van der Waals surface area contributed by atoms with Crippen LogP contribution in [0.25, 0.3) is 0 Å². The Kier molecular flexibility index (Phi) is 6.92. The Morgan fingerprint density at radius 1 is 1.03 bits per heavy atom. The van der Waals surface area contributed by atoms with Gasteiger partial charge in [0.25, 0.3) is 5.91 Å². The number of hydrogen-bond acceptors (Lipinski definition) is 8. The minimum absolute atomic E-state index is 0.0635. The Morgan fingerprint density at radius 2 is 1.74 bits per heavy atom. The summed E-state index contributed by atoms with van der Waals surface area (Å²) in [5.74, 6) is 0.187. The largest absolute Gasteiger partial charge is 0.455 e. The number of amides is 1. The van der Waals surface area contributed by atoms with Crippen molar-refractivity contribution in [2.24, 2.45) is 0 Å². The lowest BCUT2D eigenvalue weighted by molar-refractivity contribution is 0.0932. The lowest BCUT2D eigenvalue weighted by atomic mass is 10.2. The van der Waals surface area contributed by atoms with Gasteiger partial charge in [-0.05, 0) is 36.4 Å². The number of para-hydroxylation sites is 1. The first-order valence-corrected chi connectivity index (χ1v) is 12.0. The number of aliphatic hydroxyl groups is 1. The summed E-state index contributed by atoms with van der Waals surface area (Å²) >= 11 is 12.5. The van der Waals surface area contributed by atoms with E-state index < -0.39 is 0 Å². The number of halogens is 2. The summed E-state index contributed by atoms with van der Waals surface area (Å²) in [5, 5.41) is 13.0. The molecule has 2 N–H and O–H groups in total. The van der Waals surface area contributed by atoms with Crippen LogP contribution < -0.4 is 19.9 Å². The second kappa shape index (κ2) is 10.2. The highest BCUT2D eigenvalue weighted by atomic mass is 35.5. The van der Waals surface area contributed by atoms with Gasteiger partial charge in [-0.25, -0.2) is 4.98 Å². The molecule has 0 unspecified atom stereocenters. The molecule has 0 saturated carbocycles. The molecule has 11 heteroatoms. The summed E-state index contributed by atoms with van der Waals surface area (Å²) in [5.41, 5.74) is 2.58. The molecule has 2 aliphatic rings. The number of nitrogens with one attached hydrogen (secondary N) is 1. The van der Waals surface area contributed by atoms with Crippen molar-refractivity contribution in [2.75, 3.05) is 61.2 Å². The van der Waals surface area contributed by atoms with Crippen molar-refractivity contribution in [1.29, 1.82) is 0 Å². The lowest BCUT2D eigenvalue weighted by Crippen LogP contribution is -2.47. The zero-order valence-electron chi connectivity index (χ0n) is 18.8. The molecule has 182 valence electrons. The number of piperazine rings is 1. The van der Waals surface area contributed by atoms with Gasteiger partial charge in [0.05, 0.1) is 22.3 Å². The number of rotatable bonds is 6. The third kappa shape index (κ3) is 4.99. The second-order valence-corrected chi connectivity index (χ2v) is 9.03. The maximum absolute atomic E-state index is 13.0. The average molecular weight is 515 g/mol. The Balaban J connectivity index is 1.26. The molecule has 0 bridgehead atoms. The number of hydrogen-bond donors (Lipinski definition) is 2. The number of carbonyl (C=O) groups excluding carboxylic acids is 1. The summed E-state index contributed by atoms with van der Waals surface area (Å²) < 4.78 is 5.74. The fourth-order valence-electron chi connectivity index (χ4n) is 4.18. The van der Waals surface area contributed by atoms with E-state index in [0.29, 0.717) is 21.7 Å². The highest BCUT2D eigenvalue weighted by Crippen LogP contribution is 2.37. The van der Waals surface area contributed by atoms with E-state index in [1.165, 1.54) is 11.1 Å². The van der Waals surface area contributed by atoms with Crippen molar-refractivity contribution < 1.29 is 14.6 Å². The molecule has 1 fully saturated rings. The average Bonchev–Trinajstić information content (AvgIpc) is 2.86. The Bertz CT molecular complexity index is 1200. The van der Waals surface area contributed by atoms with E-state index in [1.54, 1.807) is 18.2 Å². The molecule has 1 saturated heterocycles. The van der Waals surface area contributed by atoms with Gasteiger partial charge < -0.3 is 20.1 Å². The molecular formula is C24H24Cl2N6O3. The van der Waals surface area contributed by atoms with E-state index in [4.69, 9.17) is 33.0 Å². The van der Waals surface area contributed by atoms with Crippen molar-refractivity contribution in [2.45, 2.75) is 0 Å². The molecule has 0 aliphatic carbocycles. The number of aromatic nitrogens is 2. The topological polar surface area (TPSA) is 94.1 Å². The zero-order valence-corrected chi connectivity index (χ0v) is 20.3. The van der Waals surface area contributed by atoms with Crippen molar-refractivity contribution in [3.63, 3.8) is 0 Å². The summed E-state index contributed by atoms with van der Waals surface area (Å²) in [6.45, 7) is 4.55. The van der Waals surface area contributed by atoms with Crippen LogP contribution >= 0.6 is 23.2 Å². The van der Waals surface area contributed by atoms with E-state index in [0.717, 1.165) is 44.1 Å². The fraction of sp³-hybridized carbons (Fsp3) is 0.292. The highest BCUT2D eigenvalue weighted by molar-refractivity contribution is 6.40. The van der Waals surface area contributed by atoms with Crippen molar-refractivity contribution in [3.8, 4) is 5.88 Å². The summed E-state index contributed by atoms with van der Waals surface area (Å²) in [4.78, 5) is 27.7. The molecule has 0 radical (unpaired) electrons. The Labute approximate surface area is 212 Å². The standard InChI is InChI=1S/C24H24Cl2N6O3/c25-19-2-1-3-20(26)21(19)32-15-35-22-18(23(32)34)14-27-24(29-22)28-16-4-6-17(7-5-16)31-10-8-30(9-11-31)12-13-33/h1-7,14,33H,8-13,15H2,(H,27,28,29). The molecule has 1 amide bonds. The van der Waals surface area contributed by atoms with Crippen LogP contribution in [-0.2, 0) is 0 Å². The zero-order chi connectivity index (χ0) is 24.4. The van der Waals surface area contributed by atoms with Crippen LogP contribution in [0.5, 0.6) is 5.88 Å². The smallest absolute Gasteiger partial charge is 0.268 e. The van der Waals surface area contributed by atoms with Crippen LogP contribution in [0.15, 0.2) is 48.7 Å². The van der Waals surface area contributed by atoms with Gasteiger partial charge in [-0.2, -0.15) is 4.98 Å². The van der Waals surface area contributed by atoms with Crippen LogP contribution in [0.2, 0.25) is 10.0 Å². The SMILES string of the molecule is O=C1c2cnc(Nc3ccc(N4CCN(CCO)CC4)cc3)nc2OCN1c1c(Cl)cccc1Cl. The van der Waals surface area contributed by atoms with Crippen LogP contribution in [-0.4, -0.2) is 71.9 Å². The molecule has 0 atom stereocenters. The number of carbonyl (C=O) groups is 1. The molecular weight excluding hydrogens is 491 g/mol. The predicted molar refractivity (Wildman–Crippen MR) is 136 cm³/mol. The van der Waals surface area contributed by atoms with Gasteiger partial charge in [0.15, 0.2) is 6.73 Å². The molecule has 3 aromatic rings. The first kappa shape index (κ1) is 23.6. The Morgan fingerprint density at radius 3 is 2.43 bits per heavy atom. The van der Waals surface area contributed by atoms with Gasteiger partial charge in [0, 0.05) is 50.3 Å². The highest BCUT2D eigenvalue weighted by Gasteiger charge is 2.31. The van der Waals surface area contributed by atoms with Crippen LogP contribution in [0.3, 0.4) is 0 Å². The van der Waals surface area contributed by atoms with Gasteiger partial charge >= 0.3 is 0 Å². The fourth-order valence-corrected chi connectivity index (χ4v) is 4.78. The van der Waals surface area contributed by atoms with Crippen molar-refractivity contribution >= 4 is 52.1 Å². The minimum atomic E-state index is -0.337. The second-order valence-electron chi connectivity index (χ2n) is 8.21.